The summed E-state index contributed by atoms with van der Waals surface area (Å²) in [6.07, 6.45) is 5.33. The maximum Gasteiger partial charge on any atom is 0.0447 e. The fraction of sp³-hybridized carbons (Fsp3) is 1.00. The molecular weight excluding hydrogens is 169 g/mol. The van der Waals surface area contributed by atoms with Gasteiger partial charge in [0.25, 0.3) is 0 Å². The molecule has 2 fully saturated rings. The second-order valence-corrected chi connectivity index (χ2v) is 4.40. The summed E-state index contributed by atoms with van der Waals surface area (Å²) in [5.74, 6) is 1.72. The third-order valence-corrected chi connectivity index (χ3v) is 3.45. The summed E-state index contributed by atoms with van der Waals surface area (Å²) in [6, 6.07) is 0.460. The van der Waals surface area contributed by atoms with Crippen LogP contribution in [-0.2, 0) is 0 Å². The molecule has 3 atom stereocenters. The Balaban J connectivity index is 2.02. The Kier molecular flexibility index (Phi) is 1.83. The van der Waals surface area contributed by atoms with Gasteiger partial charge in [0.15, 0.2) is 0 Å². The summed E-state index contributed by atoms with van der Waals surface area (Å²) in [4.78, 5) is 0. The summed E-state index contributed by atoms with van der Waals surface area (Å²) in [6.45, 7) is 0. The normalized spacial score (nSPS) is 45.3. The van der Waals surface area contributed by atoms with Crippen molar-refractivity contribution in [2.45, 2.75) is 31.7 Å². The van der Waals surface area contributed by atoms with Crippen molar-refractivity contribution in [3.63, 3.8) is 0 Å². The zero-order valence-corrected chi connectivity index (χ0v) is 7.28. The molecule has 2 aliphatic rings. The van der Waals surface area contributed by atoms with Crippen molar-refractivity contribution in [3.8, 4) is 0 Å². The van der Waals surface area contributed by atoms with Crippen LogP contribution in [0.1, 0.15) is 25.7 Å². The van der Waals surface area contributed by atoms with Crippen LogP contribution in [0.15, 0.2) is 0 Å². The molecule has 1 nitrogen and oxygen atoms in total. The lowest BCUT2D eigenvalue weighted by Gasteiger charge is -2.23. The van der Waals surface area contributed by atoms with Crippen molar-refractivity contribution in [2.24, 2.45) is 11.8 Å². The van der Waals surface area contributed by atoms with Gasteiger partial charge in [-0.25, -0.2) is 0 Å². The summed E-state index contributed by atoms with van der Waals surface area (Å²) in [7, 11) is 0. The number of fused-ring (bicyclic) bond motifs is 2. The maximum atomic E-state index is 5.68. The maximum absolute atomic E-state index is 5.68. The molecular formula is C7H11Cl2N. The molecule has 3 unspecified atom stereocenters. The monoisotopic (exact) mass is 179 g/mol. The van der Waals surface area contributed by atoms with Gasteiger partial charge in [0.05, 0.1) is 0 Å². The zero-order chi connectivity index (χ0) is 7.14. The van der Waals surface area contributed by atoms with Crippen molar-refractivity contribution in [2.75, 3.05) is 0 Å². The highest BCUT2D eigenvalue weighted by Crippen LogP contribution is 2.47. The molecule has 0 saturated heterocycles. The largest absolute Gasteiger partial charge is 0.128 e. The molecule has 2 saturated carbocycles. The van der Waals surface area contributed by atoms with E-state index in [-0.39, 0.29) is 0 Å². The molecule has 0 aromatic heterocycles. The van der Waals surface area contributed by atoms with Crippen molar-refractivity contribution in [1.29, 1.82) is 0 Å². The van der Waals surface area contributed by atoms with Gasteiger partial charge in [-0.1, -0.05) is 6.42 Å². The second-order valence-electron chi connectivity index (χ2n) is 3.50. The molecule has 10 heavy (non-hydrogen) atoms. The molecule has 2 aliphatic carbocycles. The Hall–Kier alpha value is 0.540. The quantitative estimate of drug-likeness (QED) is 0.561. The first-order chi connectivity index (χ1) is 4.77. The summed E-state index contributed by atoms with van der Waals surface area (Å²) >= 11 is 11.4. The Morgan fingerprint density at radius 1 is 1.10 bits per heavy atom. The molecule has 0 aliphatic heterocycles. The predicted molar refractivity (Wildman–Crippen MR) is 42.8 cm³/mol. The van der Waals surface area contributed by atoms with E-state index in [1.165, 1.54) is 29.6 Å². The average Bonchev–Trinajstić information content (AvgIpc) is 2.44. The predicted octanol–water partition coefficient (Wildman–Crippen LogP) is 2.78. The van der Waals surface area contributed by atoms with Crippen molar-refractivity contribution in [3.05, 3.63) is 0 Å². The van der Waals surface area contributed by atoms with E-state index in [9.17, 15) is 0 Å². The van der Waals surface area contributed by atoms with E-state index >= 15 is 0 Å². The van der Waals surface area contributed by atoms with Crippen molar-refractivity contribution in [1.82, 2.24) is 3.94 Å². The molecule has 2 rings (SSSR count). The van der Waals surface area contributed by atoms with Crippen LogP contribution < -0.4 is 0 Å². The van der Waals surface area contributed by atoms with Crippen molar-refractivity contribution < 1.29 is 0 Å². The van der Waals surface area contributed by atoms with Gasteiger partial charge in [-0.15, -0.1) is 3.94 Å². The molecule has 0 radical (unpaired) electrons. The summed E-state index contributed by atoms with van der Waals surface area (Å²) < 4.78 is 1.36. The van der Waals surface area contributed by atoms with Gasteiger partial charge < -0.3 is 0 Å². The van der Waals surface area contributed by atoms with Crippen LogP contribution in [0, 0.1) is 11.8 Å². The van der Waals surface area contributed by atoms with Gasteiger partial charge >= 0.3 is 0 Å². The first-order valence-electron chi connectivity index (χ1n) is 3.88. The van der Waals surface area contributed by atoms with E-state index in [1.807, 2.05) is 0 Å². The standard InChI is InChI=1S/C7H11Cl2N/c8-10(9)7-4-5-1-2-6(7)3-5/h5-7H,1-4H2. The number of rotatable bonds is 1. The Labute approximate surface area is 71.5 Å². The Morgan fingerprint density at radius 3 is 2.20 bits per heavy atom. The minimum atomic E-state index is 0.460. The first kappa shape index (κ1) is 7.20. The number of nitrogens with zero attached hydrogens (tertiary/aromatic N) is 1. The highest BCUT2D eigenvalue weighted by molar-refractivity contribution is 6.34. The number of hydrogen-bond donors (Lipinski definition) is 0. The van der Waals surface area contributed by atoms with E-state index < -0.39 is 0 Å². The average molecular weight is 180 g/mol. The lowest BCUT2D eigenvalue weighted by Crippen LogP contribution is -2.25. The summed E-state index contributed by atoms with van der Waals surface area (Å²) in [5, 5.41) is 0. The fourth-order valence-corrected chi connectivity index (χ4v) is 2.93. The van der Waals surface area contributed by atoms with Gasteiger partial charge in [-0.3, -0.25) is 0 Å². The molecule has 0 N–H and O–H groups in total. The highest BCUT2D eigenvalue weighted by atomic mass is 35.5. The molecule has 58 valence electrons. The molecule has 0 heterocycles. The van der Waals surface area contributed by atoms with Gasteiger partial charge in [-0.2, -0.15) is 0 Å². The molecule has 2 bridgehead atoms. The van der Waals surface area contributed by atoms with Crippen LogP contribution in [0.3, 0.4) is 0 Å². The lowest BCUT2D eigenvalue weighted by molar-refractivity contribution is 0.328. The van der Waals surface area contributed by atoms with Crippen LogP contribution in [0.25, 0.3) is 0 Å². The van der Waals surface area contributed by atoms with Crippen LogP contribution >= 0.6 is 23.6 Å². The van der Waals surface area contributed by atoms with Gasteiger partial charge in [-0.05, 0) is 54.7 Å². The van der Waals surface area contributed by atoms with Crippen LogP contribution in [0.4, 0.5) is 0 Å². The van der Waals surface area contributed by atoms with Gasteiger partial charge in [0, 0.05) is 6.04 Å². The zero-order valence-electron chi connectivity index (χ0n) is 5.76. The highest BCUT2D eigenvalue weighted by Gasteiger charge is 2.41. The minimum absolute atomic E-state index is 0.460. The number of hydrogen-bond acceptors (Lipinski definition) is 1. The smallest absolute Gasteiger partial charge is 0.0447 e. The topological polar surface area (TPSA) is 3.24 Å². The van der Waals surface area contributed by atoms with E-state index in [1.54, 1.807) is 0 Å². The number of halogens is 2. The van der Waals surface area contributed by atoms with Gasteiger partial charge in [0.2, 0.25) is 0 Å². The molecule has 0 amide bonds. The Morgan fingerprint density at radius 2 is 1.90 bits per heavy atom. The fourth-order valence-electron chi connectivity index (χ4n) is 2.45. The van der Waals surface area contributed by atoms with E-state index in [0.717, 1.165) is 11.8 Å². The lowest BCUT2D eigenvalue weighted by atomic mass is 9.96. The third kappa shape index (κ3) is 1.05. The van der Waals surface area contributed by atoms with Crippen LogP contribution in [0.5, 0.6) is 0 Å². The van der Waals surface area contributed by atoms with Crippen LogP contribution in [-0.4, -0.2) is 9.98 Å². The third-order valence-electron chi connectivity index (χ3n) is 2.95. The van der Waals surface area contributed by atoms with Crippen LogP contribution in [0.2, 0.25) is 0 Å². The second kappa shape index (κ2) is 2.54. The van der Waals surface area contributed by atoms with E-state index in [2.05, 4.69) is 0 Å². The molecule has 0 spiro atoms. The van der Waals surface area contributed by atoms with Gasteiger partial charge in [0.1, 0.15) is 0 Å². The first-order valence-corrected chi connectivity index (χ1v) is 4.56. The minimum Gasteiger partial charge on any atom is -0.128 e. The summed E-state index contributed by atoms with van der Waals surface area (Å²) in [5.41, 5.74) is 0. The molecule has 0 aromatic carbocycles. The molecule has 0 aromatic rings. The molecule has 3 heteroatoms. The van der Waals surface area contributed by atoms with E-state index in [4.69, 9.17) is 23.6 Å². The van der Waals surface area contributed by atoms with Crippen molar-refractivity contribution >= 4 is 23.6 Å². The SMILES string of the molecule is ClN(Cl)C1CC2CCC1C2. The van der Waals surface area contributed by atoms with E-state index in [0.29, 0.717) is 6.04 Å². The Bertz CT molecular complexity index is 138.